The summed E-state index contributed by atoms with van der Waals surface area (Å²) in [5, 5.41) is 8.48. The topological polar surface area (TPSA) is 63.3 Å². The maximum Gasteiger partial charge on any atom is 0.320 e. The second kappa shape index (κ2) is 5.77. The summed E-state index contributed by atoms with van der Waals surface area (Å²) in [6.07, 6.45) is 4.39. The van der Waals surface area contributed by atoms with E-state index in [1.165, 1.54) is 5.57 Å². The van der Waals surface area contributed by atoms with Crippen LogP contribution in [0.2, 0.25) is 0 Å². The maximum atomic E-state index is 10.3. The molecule has 0 bridgehead atoms. The van der Waals surface area contributed by atoms with Crippen LogP contribution in [0.5, 0.6) is 0 Å². The minimum atomic E-state index is -0.917. The standard InChI is InChI=1S/C9H17NO2/c1-3-4-7(2)5-6-8(10)9(11)12/h4,8H,3,5-6,10H2,1-2H3,(H,11,12). The van der Waals surface area contributed by atoms with E-state index >= 15 is 0 Å². The van der Waals surface area contributed by atoms with Gasteiger partial charge in [0.1, 0.15) is 6.04 Å². The molecule has 0 fully saturated rings. The van der Waals surface area contributed by atoms with Crippen molar-refractivity contribution in [3.05, 3.63) is 11.6 Å². The summed E-state index contributed by atoms with van der Waals surface area (Å²) in [7, 11) is 0. The highest BCUT2D eigenvalue weighted by molar-refractivity contribution is 5.72. The summed E-state index contributed by atoms with van der Waals surface area (Å²) in [4.78, 5) is 10.3. The van der Waals surface area contributed by atoms with E-state index in [1.807, 2.05) is 6.92 Å². The molecular formula is C9H17NO2. The molecule has 3 nitrogen and oxygen atoms in total. The molecule has 0 amide bonds. The molecule has 0 aliphatic carbocycles. The summed E-state index contributed by atoms with van der Waals surface area (Å²) in [6.45, 7) is 4.05. The molecule has 0 aliphatic heterocycles. The Morgan fingerprint density at radius 1 is 1.67 bits per heavy atom. The molecule has 0 radical (unpaired) electrons. The number of carboxylic acid groups (broad SMARTS) is 1. The Labute approximate surface area is 73.3 Å². The first-order chi connectivity index (χ1) is 5.57. The van der Waals surface area contributed by atoms with E-state index < -0.39 is 12.0 Å². The molecule has 70 valence electrons. The second-order valence-corrected chi connectivity index (χ2v) is 2.94. The van der Waals surface area contributed by atoms with E-state index in [1.54, 1.807) is 0 Å². The van der Waals surface area contributed by atoms with Gasteiger partial charge >= 0.3 is 5.97 Å². The van der Waals surface area contributed by atoms with Gasteiger partial charge in [-0.25, -0.2) is 0 Å². The van der Waals surface area contributed by atoms with E-state index in [9.17, 15) is 4.79 Å². The highest BCUT2D eigenvalue weighted by atomic mass is 16.4. The number of carbonyl (C=O) groups is 1. The van der Waals surface area contributed by atoms with Crippen molar-refractivity contribution >= 4 is 5.97 Å². The maximum absolute atomic E-state index is 10.3. The van der Waals surface area contributed by atoms with E-state index in [0.717, 1.165) is 12.8 Å². The zero-order valence-electron chi connectivity index (χ0n) is 7.71. The molecule has 0 heterocycles. The summed E-state index contributed by atoms with van der Waals surface area (Å²) >= 11 is 0. The average Bonchev–Trinajstić information content (AvgIpc) is 2.00. The van der Waals surface area contributed by atoms with Gasteiger partial charge in [-0.1, -0.05) is 18.6 Å². The Kier molecular flexibility index (Phi) is 5.37. The van der Waals surface area contributed by atoms with Gasteiger partial charge in [-0.05, 0) is 26.2 Å². The molecule has 3 heteroatoms. The zero-order chi connectivity index (χ0) is 9.56. The fraction of sp³-hybridized carbons (Fsp3) is 0.667. The van der Waals surface area contributed by atoms with E-state index in [4.69, 9.17) is 10.8 Å². The lowest BCUT2D eigenvalue weighted by Crippen LogP contribution is -2.29. The SMILES string of the molecule is CCC=C(C)CCC(N)C(=O)O. The van der Waals surface area contributed by atoms with Gasteiger partial charge < -0.3 is 10.8 Å². The minimum absolute atomic E-state index is 0.525. The van der Waals surface area contributed by atoms with Crippen molar-refractivity contribution in [3.63, 3.8) is 0 Å². The van der Waals surface area contributed by atoms with Gasteiger partial charge in [-0.3, -0.25) is 4.79 Å². The summed E-state index contributed by atoms with van der Waals surface area (Å²) in [5.74, 6) is -0.917. The number of carboxylic acids is 1. The number of rotatable bonds is 5. The van der Waals surface area contributed by atoms with Crippen LogP contribution in [-0.4, -0.2) is 17.1 Å². The molecule has 0 rings (SSSR count). The molecular weight excluding hydrogens is 154 g/mol. The first-order valence-electron chi connectivity index (χ1n) is 4.22. The van der Waals surface area contributed by atoms with Crippen molar-refractivity contribution in [2.24, 2.45) is 5.73 Å². The van der Waals surface area contributed by atoms with Gasteiger partial charge in [0.05, 0.1) is 0 Å². The normalized spacial score (nSPS) is 14.4. The average molecular weight is 171 g/mol. The van der Waals surface area contributed by atoms with Gasteiger partial charge in [-0.15, -0.1) is 0 Å². The Hall–Kier alpha value is -0.830. The van der Waals surface area contributed by atoms with Crippen LogP contribution in [0.3, 0.4) is 0 Å². The third kappa shape index (κ3) is 4.91. The highest BCUT2D eigenvalue weighted by Crippen LogP contribution is 2.06. The monoisotopic (exact) mass is 171 g/mol. The number of nitrogens with two attached hydrogens (primary N) is 1. The Bertz CT molecular complexity index is 175. The highest BCUT2D eigenvalue weighted by Gasteiger charge is 2.10. The van der Waals surface area contributed by atoms with Crippen molar-refractivity contribution in [2.75, 3.05) is 0 Å². The Morgan fingerprint density at radius 3 is 2.67 bits per heavy atom. The molecule has 0 spiro atoms. The molecule has 0 aromatic rings. The summed E-state index contributed by atoms with van der Waals surface area (Å²) in [6, 6.07) is -0.717. The first-order valence-corrected chi connectivity index (χ1v) is 4.22. The molecule has 12 heavy (non-hydrogen) atoms. The molecule has 0 aromatic heterocycles. The Balaban J connectivity index is 3.68. The van der Waals surface area contributed by atoms with Gasteiger partial charge in [0.15, 0.2) is 0 Å². The first kappa shape index (κ1) is 11.2. The number of hydrogen-bond donors (Lipinski definition) is 2. The quantitative estimate of drug-likeness (QED) is 0.617. The third-order valence-electron chi connectivity index (χ3n) is 1.72. The van der Waals surface area contributed by atoms with Crippen molar-refractivity contribution in [1.82, 2.24) is 0 Å². The summed E-state index contributed by atoms with van der Waals surface area (Å²) in [5.41, 5.74) is 6.55. The van der Waals surface area contributed by atoms with E-state index in [-0.39, 0.29) is 0 Å². The fourth-order valence-corrected chi connectivity index (χ4v) is 0.957. The van der Waals surface area contributed by atoms with Crippen LogP contribution in [0.4, 0.5) is 0 Å². The van der Waals surface area contributed by atoms with Crippen molar-refractivity contribution in [1.29, 1.82) is 0 Å². The smallest absolute Gasteiger partial charge is 0.320 e. The van der Waals surface area contributed by atoms with Crippen LogP contribution < -0.4 is 5.73 Å². The van der Waals surface area contributed by atoms with Crippen LogP contribution >= 0.6 is 0 Å². The zero-order valence-corrected chi connectivity index (χ0v) is 7.71. The van der Waals surface area contributed by atoms with Crippen LogP contribution in [0, 0.1) is 0 Å². The molecule has 0 saturated heterocycles. The third-order valence-corrected chi connectivity index (χ3v) is 1.72. The Morgan fingerprint density at radius 2 is 2.25 bits per heavy atom. The van der Waals surface area contributed by atoms with Crippen molar-refractivity contribution < 1.29 is 9.90 Å². The molecule has 0 aliphatic rings. The van der Waals surface area contributed by atoms with Crippen LogP contribution in [0.25, 0.3) is 0 Å². The fourth-order valence-electron chi connectivity index (χ4n) is 0.957. The number of aliphatic carboxylic acids is 1. The number of allylic oxidation sites excluding steroid dienone is 2. The largest absolute Gasteiger partial charge is 0.480 e. The van der Waals surface area contributed by atoms with E-state index in [0.29, 0.717) is 6.42 Å². The molecule has 0 aromatic carbocycles. The number of hydrogen-bond acceptors (Lipinski definition) is 2. The van der Waals surface area contributed by atoms with Crippen molar-refractivity contribution in [3.8, 4) is 0 Å². The molecule has 0 saturated carbocycles. The van der Waals surface area contributed by atoms with Crippen LogP contribution in [0.1, 0.15) is 33.1 Å². The van der Waals surface area contributed by atoms with Crippen LogP contribution in [-0.2, 0) is 4.79 Å². The second-order valence-electron chi connectivity index (χ2n) is 2.94. The minimum Gasteiger partial charge on any atom is -0.480 e. The predicted octanol–water partition coefficient (Wildman–Crippen LogP) is 1.53. The predicted molar refractivity (Wildman–Crippen MR) is 48.9 cm³/mol. The van der Waals surface area contributed by atoms with Crippen LogP contribution in [0.15, 0.2) is 11.6 Å². The van der Waals surface area contributed by atoms with Crippen molar-refractivity contribution in [2.45, 2.75) is 39.2 Å². The molecule has 3 N–H and O–H groups in total. The summed E-state index contributed by atoms with van der Waals surface area (Å²) < 4.78 is 0. The van der Waals surface area contributed by atoms with Gasteiger partial charge in [0, 0.05) is 0 Å². The molecule has 1 unspecified atom stereocenters. The van der Waals surface area contributed by atoms with Gasteiger partial charge in [-0.2, -0.15) is 0 Å². The lowest BCUT2D eigenvalue weighted by atomic mass is 10.1. The molecule has 1 atom stereocenters. The van der Waals surface area contributed by atoms with Gasteiger partial charge in [0.25, 0.3) is 0 Å². The van der Waals surface area contributed by atoms with E-state index in [2.05, 4.69) is 13.0 Å². The lowest BCUT2D eigenvalue weighted by molar-refractivity contribution is -0.138. The lowest BCUT2D eigenvalue weighted by Gasteiger charge is -2.05. The van der Waals surface area contributed by atoms with Gasteiger partial charge in [0.2, 0.25) is 0 Å².